The number of nitrogen functional groups attached to an aromatic ring is 1. The smallest absolute Gasteiger partial charge is 0.407 e. The summed E-state index contributed by atoms with van der Waals surface area (Å²) >= 11 is 0. The number of ether oxygens (including phenoxy) is 1. The minimum absolute atomic E-state index is 0.0901. The van der Waals surface area contributed by atoms with Crippen molar-refractivity contribution in [2.75, 3.05) is 11.1 Å². The van der Waals surface area contributed by atoms with E-state index in [1.165, 1.54) is 0 Å². The third kappa shape index (κ3) is 5.98. The second-order valence-corrected chi connectivity index (χ2v) is 7.61. The van der Waals surface area contributed by atoms with Crippen LogP contribution in [0.1, 0.15) is 21.5 Å². The highest BCUT2D eigenvalue weighted by Gasteiger charge is 2.10. The Bertz CT molecular complexity index is 1260. The number of hydrogen-bond acceptors (Lipinski definition) is 5. The Hall–Kier alpha value is -4.65. The van der Waals surface area contributed by atoms with Gasteiger partial charge in [0.05, 0.1) is 11.4 Å². The zero-order valence-electron chi connectivity index (χ0n) is 18.4. The number of anilines is 2. The highest BCUT2D eigenvalue weighted by molar-refractivity contribution is 6.06. The molecule has 1 aromatic heterocycles. The molecule has 4 aromatic rings. The molecule has 7 nitrogen and oxygen atoms in total. The second kappa shape index (κ2) is 10.8. The third-order valence-electron chi connectivity index (χ3n) is 5.15. The van der Waals surface area contributed by atoms with Gasteiger partial charge < -0.3 is 21.1 Å². The van der Waals surface area contributed by atoms with Crippen molar-refractivity contribution < 1.29 is 14.3 Å². The molecule has 0 aliphatic heterocycles. The van der Waals surface area contributed by atoms with Crippen molar-refractivity contribution in [2.24, 2.45) is 0 Å². The van der Waals surface area contributed by atoms with Gasteiger partial charge in [0.2, 0.25) is 0 Å². The van der Waals surface area contributed by atoms with E-state index < -0.39 is 6.09 Å². The number of hydrogen-bond donors (Lipinski definition) is 3. The normalized spacial score (nSPS) is 10.4. The highest BCUT2D eigenvalue weighted by Crippen LogP contribution is 2.27. The van der Waals surface area contributed by atoms with E-state index in [1.807, 2.05) is 48.5 Å². The van der Waals surface area contributed by atoms with E-state index in [-0.39, 0.29) is 12.5 Å². The van der Waals surface area contributed by atoms with Crippen molar-refractivity contribution in [1.29, 1.82) is 0 Å². The number of aromatic nitrogens is 1. The van der Waals surface area contributed by atoms with Crippen LogP contribution in [0.5, 0.6) is 0 Å². The summed E-state index contributed by atoms with van der Waals surface area (Å²) in [4.78, 5) is 28.6. The van der Waals surface area contributed by atoms with E-state index >= 15 is 0 Å². The van der Waals surface area contributed by atoms with Crippen LogP contribution in [-0.4, -0.2) is 17.0 Å². The number of nitrogens with one attached hydrogen (secondary N) is 2. The summed E-state index contributed by atoms with van der Waals surface area (Å²) in [6.07, 6.45) is 2.82. The van der Waals surface area contributed by atoms with Gasteiger partial charge in [-0.25, -0.2) is 4.79 Å². The van der Waals surface area contributed by atoms with Crippen LogP contribution in [0.3, 0.4) is 0 Å². The summed E-state index contributed by atoms with van der Waals surface area (Å²) in [6, 6.07) is 25.9. The fourth-order valence-electron chi connectivity index (χ4n) is 3.30. The molecule has 0 saturated carbocycles. The largest absolute Gasteiger partial charge is 0.445 e. The summed E-state index contributed by atoms with van der Waals surface area (Å²) in [5.41, 5.74) is 11.2. The maximum atomic E-state index is 12.7. The first-order chi connectivity index (χ1) is 16.6. The van der Waals surface area contributed by atoms with Gasteiger partial charge in [0.25, 0.3) is 5.91 Å². The lowest BCUT2D eigenvalue weighted by atomic mass is 10.0. The molecular formula is C27H24N4O3. The Morgan fingerprint density at radius 3 is 2.38 bits per heavy atom. The van der Waals surface area contributed by atoms with E-state index in [0.717, 1.165) is 22.3 Å². The summed E-state index contributed by atoms with van der Waals surface area (Å²) in [5, 5.41) is 5.54. The molecule has 0 fully saturated rings. The average molecular weight is 453 g/mol. The van der Waals surface area contributed by atoms with E-state index in [2.05, 4.69) is 15.6 Å². The third-order valence-corrected chi connectivity index (χ3v) is 5.15. The number of benzene rings is 3. The van der Waals surface area contributed by atoms with Crippen LogP contribution >= 0.6 is 0 Å². The van der Waals surface area contributed by atoms with Crippen LogP contribution in [0.25, 0.3) is 11.1 Å². The van der Waals surface area contributed by atoms with Crippen LogP contribution in [0, 0.1) is 0 Å². The van der Waals surface area contributed by atoms with Crippen LogP contribution in [0.15, 0.2) is 97.3 Å². The number of nitrogens with two attached hydrogens (primary N) is 1. The molecular weight excluding hydrogens is 428 g/mol. The number of rotatable bonds is 7. The second-order valence-electron chi connectivity index (χ2n) is 7.61. The van der Waals surface area contributed by atoms with Gasteiger partial charge in [-0.1, -0.05) is 54.6 Å². The summed E-state index contributed by atoms with van der Waals surface area (Å²) in [6.45, 7) is 0.424. The first kappa shape index (κ1) is 22.5. The molecule has 0 unspecified atom stereocenters. The summed E-state index contributed by atoms with van der Waals surface area (Å²) in [7, 11) is 0. The van der Waals surface area contributed by atoms with Gasteiger partial charge in [0.1, 0.15) is 6.61 Å². The Labute approximate surface area is 197 Å². The Morgan fingerprint density at radius 1 is 0.853 bits per heavy atom. The molecule has 4 N–H and O–H groups in total. The average Bonchev–Trinajstić information content (AvgIpc) is 2.89. The molecule has 170 valence electrons. The Balaban J connectivity index is 1.32. The van der Waals surface area contributed by atoms with Gasteiger partial charge >= 0.3 is 6.09 Å². The van der Waals surface area contributed by atoms with Gasteiger partial charge in [-0.05, 0) is 52.6 Å². The molecule has 3 aromatic carbocycles. The van der Waals surface area contributed by atoms with Crippen molar-refractivity contribution in [3.63, 3.8) is 0 Å². The van der Waals surface area contributed by atoms with Crippen LogP contribution in [-0.2, 0) is 17.9 Å². The van der Waals surface area contributed by atoms with Crippen molar-refractivity contribution in [1.82, 2.24) is 10.3 Å². The molecule has 34 heavy (non-hydrogen) atoms. The van der Waals surface area contributed by atoms with Crippen molar-refractivity contribution >= 4 is 23.4 Å². The number of amides is 2. The number of pyridine rings is 1. The van der Waals surface area contributed by atoms with Gasteiger partial charge in [-0.3, -0.25) is 9.78 Å². The van der Waals surface area contributed by atoms with E-state index in [9.17, 15) is 9.59 Å². The topological polar surface area (TPSA) is 106 Å². The predicted octanol–water partition coefficient (Wildman–Crippen LogP) is 5.01. The van der Waals surface area contributed by atoms with E-state index in [4.69, 9.17) is 10.5 Å². The van der Waals surface area contributed by atoms with Gasteiger partial charge in [-0.2, -0.15) is 0 Å². The van der Waals surface area contributed by atoms with Gasteiger partial charge in [-0.15, -0.1) is 0 Å². The molecule has 1 heterocycles. The lowest BCUT2D eigenvalue weighted by Crippen LogP contribution is -2.23. The Kier molecular flexibility index (Phi) is 7.15. The van der Waals surface area contributed by atoms with Crippen molar-refractivity contribution in [3.8, 4) is 11.1 Å². The predicted molar refractivity (Wildman–Crippen MR) is 132 cm³/mol. The molecule has 7 heteroatoms. The summed E-state index contributed by atoms with van der Waals surface area (Å²) < 4.78 is 5.23. The van der Waals surface area contributed by atoms with Crippen LogP contribution in [0.4, 0.5) is 16.2 Å². The number of alkyl carbamates (subject to hydrolysis) is 1. The molecule has 0 radical (unpaired) electrons. The van der Waals surface area contributed by atoms with Crippen molar-refractivity contribution in [2.45, 2.75) is 13.2 Å². The zero-order chi connectivity index (χ0) is 23.8. The number of nitrogens with zero attached hydrogens (tertiary/aromatic N) is 1. The number of carbonyl (C=O) groups is 2. The zero-order valence-corrected chi connectivity index (χ0v) is 18.4. The quantitative estimate of drug-likeness (QED) is 0.342. The SMILES string of the molecule is Nc1ccc(-c2ccccc2)cc1NC(=O)c1ccc(COC(=O)NCc2cccnc2)cc1. The lowest BCUT2D eigenvalue weighted by molar-refractivity contribution is 0.102. The Morgan fingerprint density at radius 2 is 1.65 bits per heavy atom. The minimum atomic E-state index is -0.528. The lowest BCUT2D eigenvalue weighted by Gasteiger charge is -2.11. The standard InChI is InChI=1S/C27H24N4O3/c28-24-13-12-23(21-6-2-1-3-7-21)15-25(24)31-26(32)22-10-8-19(9-11-22)18-34-27(33)30-17-20-5-4-14-29-16-20/h1-16H,17-18,28H2,(H,30,33)(H,31,32). The summed E-state index contributed by atoms with van der Waals surface area (Å²) in [5.74, 6) is -0.279. The van der Waals surface area contributed by atoms with Gasteiger partial charge in [0, 0.05) is 24.5 Å². The minimum Gasteiger partial charge on any atom is -0.445 e. The highest BCUT2D eigenvalue weighted by atomic mass is 16.5. The molecule has 2 amide bonds. The van der Waals surface area contributed by atoms with E-state index in [0.29, 0.717) is 23.5 Å². The maximum Gasteiger partial charge on any atom is 0.407 e. The fraction of sp³-hybridized carbons (Fsp3) is 0.0741. The maximum absolute atomic E-state index is 12.7. The fourth-order valence-corrected chi connectivity index (χ4v) is 3.30. The molecule has 0 saturated heterocycles. The number of carbonyl (C=O) groups excluding carboxylic acids is 2. The van der Waals surface area contributed by atoms with Crippen LogP contribution in [0.2, 0.25) is 0 Å². The molecule has 4 rings (SSSR count). The first-order valence-corrected chi connectivity index (χ1v) is 10.7. The van der Waals surface area contributed by atoms with Crippen LogP contribution < -0.4 is 16.4 Å². The monoisotopic (exact) mass is 452 g/mol. The first-order valence-electron chi connectivity index (χ1n) is 10.7. The molecule has 0 aliphatic carbocycles. The van der Waals surface area contributed by atoms with E-state index in [1.54, 1.807) is 48.8 Å². The molecule has 0 bridgehead atoms. The molecule has 0 atom stereocenters. The van der Waals surface area contributed by atoms with Crippen molar-refractivity contribution in [3.05, 3.63) is 114 Å². The molecule has 0 spiro atoms. The molecule has 0 aliphatic rings. The van der Waals surface area contributed by atoms with Gasteiger partial charge in [0.15, 0.2) is 0 Å².